The molecule has 1 saturated heterocycles. The van der Waals surface area contributed by atoms with Crippen LogP contribution in [0.4, 0.5) is 10.6 Å². The summed E-state index contributed by atoms with van der Waals surface area (Å²) >= 11 is 0. The Morgan fingerprint density at radius 2 is 1.64 bits per heavy atom. The lowest BCUT2D eigenvalue weighted by atomic mass is 9.70. The number of amides is 1. The molecule has 0 unspecified atom stereocenters. The quantitative estimate of drug-likeness (QED) is 0.309. The van der Waals surface area contributed by atoms with Crippen LogP contribution in [-0.4, -0.2) is 56.9 Å². The van der Waals surface area contributed by atoms with Crippen molar-refractivity contribution < 1.29 is 14.3 Å². The zero-order valence-corrected chi connectivity index (χ0v) is 24.5. The molecule has 1 amide bonds. The van der Waals surface area contributed by atoms with Gasteiger partial charge in [-0.05, 0) is 60.6 Å². The molecule has 1 aliphatic heterocycles. The van der Waals surface area contributed by atoms with E-state index in [0.29, 0.717) is 60.1 Å². The summed E-state index contributed by atoms with van der Waals surface area (Å²) in [5.74, 6) is 2.30. The number of carbonyl (C=O) groups is 1. The zero-order chi connectivity index (χ0) is 29.3. The van der Waals surface area contributed by atoms with Crippen molar-refractivity contribution >= 4 is 22.9 Å². The molecule has 6 rings (SSSR count). The van der Waals surface area contributed by atoms with Gasteiger partial charge >= 0.3 is 6.09 Å². The van der Waals surface area contributed by atoms with E-state index in [1.54, 1.807) is 4.90 Å². The maximum atomic E-state index is 13.6. The fourth-order valence-electron chi connectivity index (χ4n) is 6.13. The second-order valence-electron chi connectivity index (χ2n) is 12.3. The standard InChI is InChI=1S/C32H39N7O3/c1-31(2,3)23-13-15-32(16-14-23,42-30(40)38-19-17-34-18-20-38)39-29-26(28(33)35-21-36-29)27(37-39)22-9-11-25(12-10-22)41-24-7-5-4-6-8-24/h4-12,21,23,34H,13-20H2,1-3H3,(H2,33,35,36). The molecule has 2 fully saturated rings. The van der Waals surface area contributed by atoms with Crippen molar-refractivity contribution in [2.45, 2.75) is 52.2 Å². The minimum atomic E-state index is -0.989. The average molecular weight is 570 g/mol. The Balaban J connectivity index is 1.39. The number of hydrogen-bond acceptors (Lipinski definition) is 8. The van der Waals surface area contributed by atoms with Crippen molar-refractivity contribution in [3.8, 4) is 22.8 Å². The van der Waals surface area contributed by atoms with Gasteiger partial charge in [0.1, 0.15) is 29.3 Å². The van der Waals surface area contributed by atoms with E-state index in [1.807, 2.05) is 59.3 Å². The van der Waals surface area contributed by atoms with Crippen molar-refractivity contribution in [3.63, 3.8) is 0 Å². The molecule has 42 heavy (non-hydrogen) atoms. The molecule has 2 aliphatic rings. The summed E-state index contributed by atoms with van der Waals surface area (Å²) in [5, 5.41) is 9.04. The van der Waals surface area contributed by atoms with Gasteiger partial charge in [-0.15, -0.1) is 0 Å². The van der Waals surface area contributed by atoms with E-state index < -0.39 is 5.72 Å². The maximum absolute atomic E-state index is 13.6. The highest BCUT2D eigenvalue weighted by Crippen LogP contribution is 2.47. The van der Waals surface area contributed by atoms with E-state index >= 15 is 0 Å². The fraction of sp³-hybridized carbons (Fsp3) is 0.438. The van der Waals surface area contributed by atoms with Crippen LogP contribution < -0.4 is 15.8 Å². The van der Waals surface area contributed by atoms with E-state index in [2.05, 4.69) is 36.1 Å². The molecule has 0 bridgehead atoms. The number of para-hydroxylation sites is 1. The lowest BCUT2D eigenvalue weighted by Gasteiger charge is -2.44. The van der Waals surface area contributed by atoms with Crippen LogP contribution in [0, 0.1) is 11.3 Å². The number of aromatic nitrogens is 4. The summed E-state index contributed by atoms with van der Waals surface area (Å²) in [6.45, 7) is 9.54. The third kappa shape index (κ3) is 5.51. The van der Waals surface area contributed by atoms with Crippen LogP contribution >= 0.6 is 0 Å². The van der Waals surface area contributed by atoms with Crippen LogP contribution in [0.2, 0.25) is 0 Å². The van der Waals surface area contributed by atoms with E-state index in [9.17, 15) is 4.79 Å². The van der Waals surface area contributed by atoms with Crippen molar-refractivity contribution in [3.05, 3.63) is 60.9 Å². The van der Waals surface area contributed by atoms with Crippen molar-refractivity contribution in [2.75, 3.05) is 31.9 Å². The van der Waals surface area contributed by atoms with Crippen molar-refractivity contribution in [1.82, 2.24) is 30.0 Å². The van der Waals surface area contributed by atoms with E-state index in [-0.39, 0.29) is 11.5 Å². The summed E-state index contributed by atoms with van der Waals surface area (Å²) in [5.41, 5.74) is 7.67. The minimum absolute atomic E-state index is 0.155. The molecule has 3 N–H and O–H groups in total. The lowest BCUT2D eigenvalue weighted by Crippen LogP contribution is -2.51. The summed E-state index contributed by atoms with van der Waals surface area (Å²) < 4.78 is 14.3. The number of ether oxygens (including phenoxy) is 2. The van der Waals surface area contributed by atoms with Gasteiger partial charge < -0.3 is 25.4 Å². The predicted molar refractivity (Wildman–Crippen MR) is 162 cm³/mol. The van der Waals surface area contributed by atoms with Crippen LogP contribution in [0.1, 0.15) is 46.5 Å². The monoisotopic (exact) mass is 569 g/mol. The Hall–Kier alpha value is -4.18. The van der Waals surface area contributed by atoms with Crippen molar-refractivity contribution in [1.29, 1.82) is 0 Å². The first kappa shape index (κ1) is 28.0. The summed E-state index contributed by atoms with van der Waals surface area (Å²) in [6, 6.07) is 17.4. The molecule has 10 heteroatoms. The number of nitrogens with two attached hydrogens (primary N) is 1. The average Bonchev–Trinajstić information content (AvgIpc) is 3.40. The molecule has 0 spiro atoms. The number of nitrogens with zero attached hydrogens (tertiary/aromatic N) is 5. The number of rotatable bonds is 5. The van der Waals surface area contributed by atoms with Gasteiger partial charge in [0.15, 0.2) is 5.65 Å². The molecule has 0 atom stereocenters. The normalized spacial score (nSPS) is 21.3. The molecule has 220 valence electrons. The predicted octanol–water partition coefficient (Wildman–Crippen LogP) is 5.80. The van der Waals surface area contributed by atoms with Crippen LogP contribution in [0.25, 0.3) is 22.3 Å². The van der Waals surface area contributed by atoms with Gasteiger partial charge in [-0.2, -0.15) is 5.10 Å². The van der Waals surface area contributed by atoms with Crippen LogP contribution in [0.5, 0.6) is 11.5 Å². The second kappa shape index (κ2) is 11.2. The van der Waals surface area contributed by atoms with Gasteiger partial charge in [0.2, 0.25) is 5.72 Å². The largest absolute Gasteiger partial charge is 0.457 e. The highest BCUT2D eigenvalue weighted by molar-refractivity contribution is 5.98. The third-order valence-corrected chi connectivity index (χ3v) is 8.63. The van der Waals surface area contributed by atoms with Gasteiger partial charge in [0, 0.05) is 44.6 Å². The Bertz CT molecular complexity index is 1530. The first-order chi connectivity index (χ1) is 20.2. The highest BCUT2D eigenvalue weighted by atomic mass is 16.6. The third-order valence-electron chi connectivity index (χ3n) is 8.63. The van der Waals surface area contributed by atoms with Gasteiger partial charge in [-0.3, -0.25) is 0 Å². The minimum Gasteiger partial charge on any atom is -0.457 e. The number of fused-ring (bicyclic) bond motifs is 1. The molecule has 1 aliphatic carbocycles. The molecular formula is C32H39N7O3. The van der Waals surface area contributed by atoms with Gasteiger partial charge in [-0.1, -0.05) is 39.0 Å². The SMILES string of the molecule is CC(C)(C)C1CCC(OC(=O)N2CCNCC2)(n2nc(-c3ccc(Oc4ccccc4)cc3)c3c(N)ncnc32)CC1. The first-order valence-electron chi connectivity index (χ1n) is 14.8. The molecular weight excluding hydrogens is 530 g/mol. The number of benzene rings is 2. The Kier molecular flexibility index (Phi) is 7.49. The van der Waals surface area contributed by atoms with Crippen LogP contribution in [-0.2, 0) is 10.5 Å². The Morgan fingerprint density at radius 3 is 2.31 bits per heavy atom. The number of carbonyl (C=O) groups excluding carboxylic acids is 1. The lowest BCUT2D eigenvalue weighted by molar-refractivity contribution is -0.112. The molecule has 10 nitrogen and oxygen atoms in total. The van der Waals surface area contributed by atoms with Gasteiger partial charge in [0.25, 0.3) is 0 Å². The van der Waals surface area contributed by atoms with E-state index in [0.717, 1.165) is 37.2 Å². The Labute approximate surface area is 246 Å². The number of nitrogen functional groups attached to an aromatic ring is 1. The smallest absolute Gasteiger partial charge is 0.412 e. The number of nitrogens with one attached hydrogen (secondary N) is 1. The first-order valence-corrected chi connectivity index (χ1v) is 14.8. The number of piperazine rings is 1. The van der Waals surface area contributed by atoms with Gasteiger partial charge in [-0.25, -0.2) is 19.4 Å². The number of hydrogen-bond donors (Lipinski definition) is 2. The molecule has 2 aromatic heterocycles. The van der Waals surface area contributed by atoms with Crippen LogP contribution in [0.15, 0.2) is 60.9 Å². The molecule has 3 heterocycles. The van der Waals surface area contributed by atoms with E-state index in [1.165, 1.54) is 6.33 Å². The summed E-state index contributed by atoms with van der Waals surface area (Å²) in [6.07, 6.45) is 4.21. The summed E-state index contributed by atoms with van der Waals surface area (Å²) in [7, 11) is 0. The van der Waals surface area contributed by atoms with Gasteiger partial charge in [0.05, 0.1) is 5.39 Å². The molecule has 0 radical (unpaired) electrons. The zero-order valence-electron chi connectivity index (χ0n) is 24.5. The fourth-order valence-corrected chi connectivity index (χ4v) is 6.13. The van der Waals surface area contributed by atoms with E-state index in [4.69, 9.17) is 20.3 Å². The highest BCUT2D eigenvalue weighted by Gasteiger charge is 2.46. The Morgan fingerprint density at radius 1 is 0.976 bits per heavy atom. The molecule has 4 aromatic rings. The maximum Gasteiger partial charge on any atom is 0.412 e. The van der Waals surface area contributed by atoms with Crippen LogP contribution in [0.3, 0.4) is 0 Å². The summed E-state index contributed by atoms with van der Waals surface area (Å²) in [4.78, 5) is 24.3. The topological polar surface area (TPSA) is 120 Å². The molecule has 2 aromatic carbocycles. The van der Waals surface area contributed by atoms with Crippen molar-refractivity contribution in [2.24, 2.45) is 11.3 Å². The molecule has 1 saturated carbocycles. The number of anilines is 1. The second-order valence-corrected chi connectivity index (χ2v) is 12.3.